The number of hydrogen-bond donors (Lipinski definition) is 1. The summed E-state index contributed by atoms with van der Waals surface area (Å²) in [4.78, 5) is 16.3. The minimum Gasteiger partial charge on any atom is -0.496 e. The molecule has 1 N–H and O–H groups in total. The van der Waals surface area contributed by atoms with Crippen LogP contribution in [0.4, 0.5) is 4.39 Å². The molecule has 0 saturated heterocycles. The number of benzene rings is 1. The molecule has 0 aliphatic heterocycles. The molecule has 3 rings (SSSR count). The van der Waals surface area contributed by atoms with Crippen LogP contribution in [0, 0.1) is 11.7 Å². The third kappa shape index (κ3) is 4.79. The molecule has 1 heterocycles. The number of amides is 1. The van der Waals surface area contributed by atoms with Gasteiger partial charge in [0.05, 0.1) is 18.9 Å². The summed E-state index contributed by atoms with van der Waals surface area (Å²) in [5.41, 5.74) is 0.294. The topological polar surface area (TPSA) is 94.6 Å². The molecule has 1 amide bonds. The van der Waals surface area contributed by atoms with E-state index in [0.717, 1.165) is 31.2 Å². The maximum absolute atomic E-state index is 14.5. The number of hydrogen-bond acceptors (Lipinski definition) is 6. The fourth-order valence-corrected chi connectivity index (χ4v) is 3.62. The minimum atomic E-state index is -3.84. The summed E-state index contributed by atoms with van der Waals surface area (Å²) in [5, 5.41) is 0.267. The Morgan fingerprint density at radius 3 is 2.55 bits per heavy atom. The number of nitrogens with zero attached hydrogens (tertiary/aromatic N) is 1. The van der Waals surface area contributed by atoms with Crippen molar-refractivity contribution in [3.63, 3.8) is 0 Å². The van der Waals surface area contributed by atoms with Crippen LogP contribution < -0.4 is 14.2 Å². The van der Waals surface area contributed by atoms with Crippen LogP contribution >= 0.6 is 11.6 Å². The van der Waals surface area contributed by atoms with Crippen molar-refractivity contribution in [3.05, 3.63) is 40.8 Å². The Morgan fingerprint density at radius 1 is 1.31 bits per heavy atom. The number of methoxy groups -OCH3 is 1. The number of nitrogens with one attached hydrogen (secondary N) is 1. The van der Waals surface area contributed by atoms with E-state index in [9.17, 15) is 17.6 Å². The van der Waals surface area contributed by atoms with Crippen molar-refractivity contribution in [2.75, 3.05) is 13.4 Å². The predicted octanol–water partition coefficient (Wildman–Crippen LogP) is 3.42. The van der Waals surface area contributed by atoms with Gasteiger partial charge in [0.1, 0.15) is 22.7 Å². The number of pyridine rings is 1. The summed E-state index contributed by atoms with van der Waals surface area (Å²) in [6.45, 7) is 2.09. The summed E-state index contributed by atoms with van der Waals surface area (Å²) in [6.07, 6.45) is 4.38. The van der Waals surface area contributed by atoms with Gasteiger partial charge in [0.25, 0.3) is 5.91 Å². The lowest BCUT2D eigenvalue weighted by Gasteiger charge is -2.33. The smallest absolute Gasteiger partial charge is 0.267 e. The number of ether oxygens (including phenoxy) is 2. The molecule has 10 heteroatoms. The second kappa shape index (κ2) is 8.16. The van der Waals surface area contributed by atoms with Gasteiger partial charge in [-0.2, -0.15) is 0 Å². The Morgan fingerprint density at radius 2 is 2.03 bits per heavy atom. The number of halogens is 2. The zero-order chi connectivity index (χ0) is 21.3. The largest absolute Gasteiger partial charge is 0.496 e. The quantitative estimate of drug-likeness (QED) is 0.736. The highest BCUT2D eigenvalue weighted by Crippen LogP contribution is 2.37. The second-order valence-electron chi connectivity index (χ2n) is 6.96. The number of sulfonamides is 1. The molecule has 156 valence electrons. The first-order valence-corrected chi connectivity index (χ1v) is 11.1. The van der Waals surface area contributed by atoms with Crippen LogP contribution in [-0.4, -0.2) is 38.8 Å². The van der Waals surface area contributed by atoms with Gasteiger partial charge in [-0.25, -0.2) is 22.5 Å². The number of carbonyl (C=O) groups excluding carboxylic acids is 1. The van der Waals surface area contributed by atoms with E-state index in [-0.39, 0.29) is 16.9 Å². The molecular weight excluding hydrogens is 423 g/mol. The van der Waals surface area contributed by atoms with Gasteiger partial charge in [0.15, 0.2) is 0 Å². The van der Waals surface area contributed by atoms with E-state index in [1.807, 2.05) is 0 Å². The zero-order valence-corrected chi connectivity index (χ0v) is 17.6. The SMILES string of the molecule is COc1cc(C(=O)NS(C)(=O)=O)c(F)cc1-c1cnc(O[C@@H]2CC[C@@H]2C)c(Cl)c1. The summed E-state index contributed by atoms with van der Waals surface area (Å²) < 4.78 is 49.8. The van der Waals surface area contributed by atoms with E-state index in [2.05, 4.69) is 11.9 Å². The molecule has 1 aromatic carbocycles. The molecule has 0 radical (unpaired) electrons. The highest BCUT2D eigenvalue weighted by Gasteiger charge is 2.29. The third-order valence-corrected chi connectivity index (χ3v) is 5.56. The van der Waals surface area contributed by atoms with E-state index < -0.39 is 27.3 Å². The number of aromatic nitrogens is 1. The molecule has 2 aromatic rings. The molecule has 1 saturated carbocycles. The average Bonchev–Trinajstić information content (AvgIpc) is 2.64. The first-order chi connectivity index (χ1) is 13.6. The molecule has 0 bridgehead atoms. The second-order valence-corrected chi connectivity index (χ2v) is 9.11. The van der Waals surface area contributed by atoms with Crippen molar-refractivity contribution in [1.82, 2.24) is 9.71 Å². The normalized spacial score (nSPS) is 18.7. The Hall–Kier alpha value is -2.39. The molecular formula is C19H20ClFN2O5S. The first kappa shape index (κ1) is 21.3. The van der Waals surface area contributed by atoms with Gasteiger partial charge < -0.3 is 9.47 Å². The Labute approximate surface area is 173 Å². The van der Waals surface area contributed by atoms with Crippen molar-refractivity contribution < 1.29 is 27.1 Å². The summed E-state index contributed by atoms with van der Waals surface area (Å²) in [6, 6.07) is 3.76. The Balaban J connectivity index is 1.93. The van der Waals surface area contributed by atoms with Crippen molar-refractivity contribution in [2.45, 2.75) is 25.9 Å². The standard InChI is InChI=1S/C19H20ClFN2O5S/c1-10-4-5-16(10)28-19-14(20)6-11(9-22-19)12-7-15(21)13(8-17(12)27-2)18(24)23-29(3,25)26/h6-10,16H,4-5H2,1-3H3,(H,23,24)/t10-,16+/m0/s1. The van der Waals surface area contributed by atoms with Crippen LogP contribution in [0.3, 0.4) is 0 Å². The molecule has 7 nitrogen and oxygen atoms in total. The van der Waals surface area contributed by atoms with E-state index in [1.54, 1.807) is 10.8 Å². The number of rotatable bonds is 6. The van der Waals surface area contributed by atoms with Crippen molar-refractivity contribution in [3.8, 4) is 22.8 Å². The van der Waals surface area contributed by atoms with E-state index in [0.29, 0.717) is 22.9 Å². The van der Waals surface area contributed by atoms with Gasteiger partial charge in [-0.15, -0.1) is 0 Å². The van der Waals surface area contributed by atoms with Crippen molar-refractivity contribution in [2.24, 2.45) is 5.92 Å². The lowest BCUT2D eigenvalue weighted by molar-refractivity contribution is 0.0536. The molecule has 1 aromatic heterocycles. The van der Waals surface area contributed by atoms with Crippen LogP contribution in [0.1, 0.15) is 30.1 Å². The highest BCUT2D eigenvalue weighted by atomic mass is 35.5. The lowest BCUT2D eigenvalue weighted by Crippen LogP contribution is -2.34. The molecule has 29 heavy (non-hydrogen) atoms. The maximum atomic E-state index is 14.5. The fraction of sp³-hybridized carbons (Fsp3) is 0.368. The van der Waals surface area contributed by atoms with Gasteiger partial charge in [0, 0.05) is 17.3 Å². The monoisotopic (exact) mass is 442 g/mol. The van der Waals surface area contributed by atoms with Crippen LogP contribution in [0.25, 0.3) is 11.1 Å². The lowest BCUT2D eigenvalue weighted by atomic mass is 9.84. The summed E-state index contributed by atoms with van der Waals surface area (Å²) >= 11 is 6.29. The highest BCUT2D eigenvalue weighted by molar-refractivity contribution is 7.89. The fourth-order valence-electron chi connectivity index (χ4n) is 2.96. The molecule has 0 spiro atoms. The molecule has 0 unspecified atom stereocenters. The van der Waals surface area contributed by atoms with Gasteiger partial charge in [-0.3, -0.25) is 4.79 Å². The van der Waals surface area contributed by atoms with Crippen molar-refractivity contribution in [1.29, 1.82) is 0 Å². The molecule has 1 aliphatic carbocycles. The first-order valence-electron chi connectivity index (χ1n) is 8.81. The van der Waals surface area contributed by atoms with Crippen molar-refractivity contribution >= 4 is 27.5 Å². The third-order valence-electron chi connectivity index (χ3n) is 4.73. The molecule has 2 atom stereocenters. The van der Waals surface area contributed by atoms with Crippen LogP contribution in [0.15, 0.2) is 24.4 Å². The van der Waals surface area contributed by atoms with Gasteiger partial charge in [-0.1, -0.05) is 18.5 Å². The number of carbonyl (C=O) groups is 1. The molecule has 1 aliphatic rings. The van der Waals surface area contributed by atoms with E-state index in [4.69, 9.17) is 21.1 Å². The van der Waals surface area contributed by atoms with E-state index in [1.165, 1.54) is 13.3 Å². The van der Waals surface area contributed by atoms with Crippen LogP contribution in [-0.2, 0) is 10.0 Å². The van der Waals surface area contributed by atoms with Crippen LogP contribution in [0.5, 0.6) is 11.6 Å². The maximum Gasteiger partial charge on any atom is 0.267 e. The zero-order valence-electron chi connectivity index (χ0n) is 16.0. The average molecular weight is 443 g/mol. The van der Waals surface area contributed by atoms with Gasteiger partial charge in [-0.05, 0) is 37.0 Å². The van der Waals surface area contributed by atoms with Gasteiger partial charge >= 0.3 is 0 Å². The summed E-state index contributed by atoms with van der Waals surface area (Å²) in [5.74, 6) is -1.11. The predicted molar refractivity (Wildman–Crippen MR) is 106 cm³/mol. The summed E-state index contributed by atoms with van der Waals surface area (Å²) in [7, 11) is -2.49. The van der Waals surface area contributed by atoms with E-state index >= 15 is 0 Å². The van der Waals surface area contributed by atoms with Gasteiger partial charge in [0.2, 0.25) is 15.9 Å². The molecule has 1 fully saturated rings. The minimum absolute atomic E-state index is 0.0745. The van der Waals surface area contributed by atoms with Crippen LogP contribution in [0.2, 0.25) is 5.02 Å². The Bertz CT molecular complexity index is 1060. The Kier molecular flexibility index (Phi) is 6.00.